The first-order valence-corrected chi connectivity index (χ1v) is 6.79. The Morgan fingerprint density at radius 3 is 2.76 bits per heavy atom. The van der Waals surface area contributed by atoms with Crippen LogP contribution in [0.3, 0.4) is 0 Å². The predicted molar refractivity (Wildman–Crippen MR) is 71.8 cm³/mol. The van der Waals surface area contributed by atoms with Crippen LogP contribution in [-0.4, -0.2) is 28.6 Å². The molecule has 1 aromatic rings. The number of hydrogen-bond donors (Lipinski definition) is 3. The van der Waals surface area contributed by atoms with Gasteiger partial charge in [-0.05, 0) is 42.5 Å². The van der Waals surface area contributed by atoms with Crippen LogP contribution in [0, 0.1) is 0 Å². The number of nitrogens with two attached hydrogens (primary N) is 1. The van der Waals surface area contributed by atoms with E-state index in [0.717, 1.165) is 24.3 Å². The summed E-state index contributed by atoms with van der Waals surface area (Å²) in [5, 5.41) is 12.4. The lowest BCUT2D eigenvalue weighted by Crippen LogP contribution is -2.25. The molecule has 92 valence electrons. The number of aromatic carboxylic acids is 1. The zero-order chi connectivity index (χ0) is 12.3. The third-order valence-corrected chi connectivity index (χ3v) is 3.90. The van der Waals surface area contributed by atoms with Gasteiger partial charge in [-0.2, -0.15) is 11.8 Å². The van der Waals surface area contributed by atoms with Gasteiger partial charge in [0, 0.05) is 11.7 Å². The Morgan fingerprint density at radius 1 is 1.41 bits per heavy atom. The van der Waals surface area contributed by atoms with Gasteiger partial charge >= 0.3 is 5.97 Å². The number of carboxylic acids is 1. The summed E-state index contributed by atoms with van der Waals surface area (Å²) in [6, 6.07) is 5.23. The van der Waals surface area contributed by atoms with Gasteiger partial charge in [-0.25, -0.2) is 4.79 Å². The summed E-state index contributed by atoms with van der Waals surface area (Å²) in [5.41, 5.74) is 7.20. The summed E-state index contributed by atoms with van der Waals surface area (Å²) in [6.45, 7) is 0. The van der Waals surface area contributed by atoms with E-state index < -0.39 is 5.97 Å². The molecular weight excluding hydrogens is 236 g/mol. The maximum Gasteiger partial charge on any atom is 0.337 e. The van der Waals surface area contributed by atoms with Crippen molar-refractivity contribution in [3.8, 4) is 0 Å². The third-order valence-electron chi connectivity index (χ3n) is 2.85. The minimum atomic E-state index is -0.919. The van der Waals surface area contributed by atoms with Crippen molar-refractivity contribution in [3.63, 3.8) is 0 Å². The first-order valence-electron chi connectivity index (χ1n) is 5.64. The van der Waals surface area contributed by atoms with E-state index in [9.17, 15) is 4.79 Å². The molecule has 1 aromatic carbocycles. The average molecular weight is 252 g/mol. The number of carbonyl (C=O) groups is 1. The SMILES string of the molecule is Nc1ccc(C(=O)O)c(NC2CCSCC2)c1. The number of anilines is 2. The normalized spacial score (nSPS) is 16.7. The number of carboxylic acid groups (broad SMARTS) is 1. The standard InChI is InChI=1S/C12H16N2O2S/c13-8-1-2-10(12(15)16)11(7-8)14-9-3-5-17-6-4-9/h1-2,7,9,14H,3-6,13H2,(H,15,16). The van der Waals surface area contributed by atoms with Crippen LogP contribution in [0.2, 0.25) is 0 Å². The van der Waals surface area contributed by atoms with Crippen molar-refractivity contribution in [2.45, 2.75) is 18.9 Å². The monoisotopic (exact) mass is 252 g/mol. The van der Waals surface area contributed by atoms with Gasteiger partial charge in [0.25, 0.3) is 0 Å². The highest BCUT2D eigenvalue weighted by molar-refractivity contribution is 7.99. The van der Waals surface area contributed by atoms with Crippen molar-refractivity contribution in [2.24, 2.45) is 0 Å². The van der Waals surface area contributed by atoms with E-state index in [0.29, 0.717) is 17.4 Å². The molecule has 1 aliphatic rings. The van der Waals surface area contributed by atoms with E-state index in [1.807, 2.05) is 11.8 Å². The number of nitrogens with one attached hydrogen (secondary N) is 1. The third kappa shape index (κ3) is 3.06. The summed E-state index contributed by atoms with van der Waals surface area (Å²) in [6.07, 6.45) is 2.14. The lowest BCUT2D eigenvalue weighted by Gasteiger charge is -2.24. The van der Waals surface area contributed by atoms with Crippen molar-refractivity contribution in [1.82, 2.24) is 0 Å². The second-order valence-corrected chi connectivity index (χ2v) is 5.37. The summed E-state index contributed by atoms with van der Waals surface area (Å²) in [4.78, 5) is 11.1. The van der Waals surface area contributed by atoms with Crippen molar-refractivity contribution < 1.29 is 9.90 Å². The minimum Gasteiger partial charge on any atom is -0.478 e. The average Bonchev–Trinajstić information content (AvgIpc) is 2.30. The lowest BCUT2D eigenvalue weighted by molar-refractivity contribution is 0.0698. The Bertz CT molecular complexity index is 417. The van der Waals surface area contributed by atoms with Crippen LogP contribution in [0.5, 0.6) is 0 Å². The molecule has 0 saturated carbocycles. The quantitative estimate of drug-likeness (QED) is 0.719. The van der Waals surface area contributed by atoms with Gasteiger partial charge in [-0.3, -0.25) is 0 Å². The molecule has 1 fully saturated rings. The molecule has 0 unspecified atom stereocenters. The molecule has 0 spiro atoms. The van der Waals surface area contributed by atoms with E-state index in [2.05, 4.69) is 5.32 Å². The molecule has 17 heavy (non-hydrogen) atoms. The predicted octanol–water partition coefficient (Wildman–Crippen LogP) is 2.27. The van der Waals surface area contributed by atoms with Gasteiger partial charge in [-0.1, -0.05) is 0 Å². The molecule has 0 amide bonds. The topological polar surface area (TPSA) is 75.4 Å². The van der Waals surface area contributed by atoms with Crippen LogP contribution >= 0.6 is 11.8 Å². The zero-order valence-corrected chi connectivity index (χ0v) is 10.3. The summed E-state index contributed by atoms with van der Waals surface area (Å²) < 4.78 is 0. The maximum absolute atomic E-state index is 11.1. The molecule has 2 rings (SSSR count). The van der Waals surface area contributed by atoms with E-state index >= 15 is 0 Å². The lowest BCUT2D eigenvalue weighted by atomic mass is 10.1. The van der Waals surface area contributed by atoms with Gasteiger partial charge in [0.1, 0.15) is 0 Å². The van der Waals surface area contributed by atoms with Crippen LogP contribution in [0.15, 0.2) is 18.2 Å². The van der Waals surface area contributed by atoms with Crippen LogP contribution in [0.4, 0.5) is 11.4 Å². The Balaban J connectivity index is 2.17. The first-order chi connectivity index (χ1) is 8.16. The summed E-state index contributed by atoms with van der Waals surface area (Å²) in [5.74, 6) is 1.34. The molecule has 1 aliphatic heterocycles. The van der Waals surface area contributed by atoms with Crippen LogP contribution in [0.1, 0.15) is 23.2 Å². The Kier molecular flexibility index (Phi) is 3.78. The van der Waals surface area contributed by atoms with Crippen molar-refractivity contribution in [2.75, 3.05) is 22.6 Å². The molecule has 0 atom stereocenters. The van der Waals surface area contributed by atoms with Gasteiger partial charge in [0.05, 0.1) is 11.3 Å². The second-order valence-electron chi connectivity index (χ2n) is 4.14. The van der Waals surface area contributed by atoms with E-state index in [1.165, 1.54) is 0 Å². The fourth-order valence-electron chi connectivity index (χ4n) is 1.93. The van der Waals surface area contributed by atoms with E-state index in [1.54, 1.807) is 18.2 Å². The highest BCUT2D eigenvalue weighted by atomic mass is 32.2. The largest absolute Gasteiger partial charge is 0.478 e. The highest BCUT2D eigenvalue weighted by Gasteiger charge is 2.17. The number of rotatable bonds is 3. The van der Waals surface area contributed by atoms with Gasteiger partial charge in [-0.15, -0.1) is 0 Å². The Labute approximate surface area is 105 Å². The van der Waals surface area contributed by atoms with Crippen LogP contribution in [-0.2, 0) is 0 Å². The fraction of sp³-hybridized carbons (Fsp3) is 0.417. The smallest absolute Gasteiger partial charge is 0.337 e. The second kappa shape index (κ2) is 5.31. The Hall–Kier alpha value is -1.36. The molecule has 0 radical (unpaired) electrons. The molecule has 0 bridgehead atoms. The number of nitrogen functional groups attached to an aromatic ring is 1. The fourth-order valence-corrected chi connectivity index (χ4v) is 3.04. The van der Waals surface area contributed by atoms with E-state index in [-0.39, 0.29) is 5.56 Å². The van der Waals surface area contributed by atoms with Crippen molar-refractivity contribution in [3.05, 3.63) is 23.8 Å². The number of thioether (sulfide) groups is 1. The number of hydrogen-bond acceptors (Lipinski definition) is 4. The van der Waals surface area contributed by atoms with Crippen molar-refractivity contribution >= 4 is 29.1 Å². The number of benzene rings is 1. The van der Waals surface area contributed by atoms with Gasteiger partial charge < -0.3 is 16.2 Å². The molecule has 1 saturated heterocycles. The molecule has 5 heteroatoms. The molecule has 0 aliphatic carbocycles. The summed E-state index contributed by atoms with van der Waals surface area (Å²) in [7, 11) is 0. The Morgan fingerprint density at radius 2 is 2.12 bits per heavy atom. The van der Waals surface area contributed by atoms with Crippen LogP contribution in [0.25, 0.3) is 0 Å². The zero-order valence-electron chi connectivity index (χ0n) is 9.48. The molecule has 0 aromatic heterocycles. The molecule has 4 N–H and O–H groups in total. The highest BCUT2D eigenvalue weighted by Crippen LogP contribution is 2.25. The van der Waals surface area contributed by atoms with Gasteiger partial charge in [0.2, 0.25) is 0 Å². The minimum absolute atomic E-state index is 0.289. The molecular formula is C12H16N2O2S. The molecule has 4 nitrogen and oxygen atoms in total. The van der Waals surface area contributed by atoms with Gasteiger partial charge in [0.15, 0.2) is 0 Å². The van der Waals surface area contributed by atoms with Crippen LogP contribution < -0.4 is 11.1 Å². The molecule has 1 heterocycles. The van der Waals surface area contributed by atoms with Crippen molar-refractivity contribution in [1.29, 1.82) is 0 Å². The summed E-state index contributed by atoms with van der Waals surface area (Å²) >= 11 is 1.94. The maximum atomic E-state index is 11.1. The first kappa shape index (κ1) is 12.1. The van der Waals surface area contributed by atoms with E-state index in [4.69, 9.17) is 10.8 Å².